The molecule has 378 valence electrons. The Kier molecular flexibility index (Phi) is 25.0. The number of ether oxygens (including phenoxy) is 6. The summed E-state index contributed by atoms with van der Waals surface area (Å²) in [5, 5.41) is 10.9. The van der Waals surface area contributed by atoms with Gasteiger partial charge in [-0.05, 0) is 68.7 Å². The third kappa shape index (κ3) is 23.6. The zero-order chi connectivity index (χ0) is 50.2. The van der Waals surface area contributed by atoms with Gasteiger partial charge in [0.1, 0.15) is 38.1 Å². The Hall–Kier alpha value is -7.34. The van der Waals surface area contributed by atoms with Gasteiger partial charge in [0.2, 0.25) is 5.91 Å². The first-order valence-corrected chi connectivity index (χ1v) is 23.5. The van der Waals surface area contributed by atoms with Crippen molar-refractivity contribution in [2.45, 2.75) is 84.5 Å². The van der Waals surface area contributed by atoms with E-state index in [2.05, 4.69) is 21.3 Å². The minimum Gasteiger partial charge on any atom is -0.445 e. The van der Waals surface area contributed by atoms with E-state index >= 15 is 0 Å². The fourth-order valence-corrected chi connectivity index (χ4v) is 6.64. The molecule has 0 bridgehead atoms. The smallest absolute Gasteiger partial charge is 0.410 e. The topological polar surface area (TPSA) is 212 Å². The van der Waals surface area contributed by atoms with Crippen LogP contribution in [0.1, 0.15) is 68.7 Å². The summed E-state index contributed by atoms with van der Waals surface area (Å²) in [7, 11) is 0. The van der Waals surface area contributed by atoms with Gasteiger partial charge in [0.05, 0.1) is 13.2 Å². The van der Waals surface area contributed by atoms with Crippen molar-refractivity contribution in [3.63, 3.8) is 0 Å². The molecule has 0 heterocycles. The Labute approximate surface area is 410 Å². The number of rotatable bonds is 28. The number of carbonyl (C=O) groups excluding carboxylic acids is 6. The highest BCUT2D eigenvalue weighted by Crippen LogP contribution is 2.15. The van der Waals surface area contributed by atoms with Crippen LogP contribution in [-0.2, 0) is 59.6 Å². The molecule has 0 saturated heterocycles. The molecule has 4 N–H and O–H groups in total. The molecule has 4 rings (SSSR count). The molecular formula is C52H68N6O12. The van der Waals surface area contributed by atoms with Crippen LogP contribution in [0.3, 0.4) is 0 Å². The van der Waals surface area contributed by atoms with Crippen LogP contribution in [-0.4, -0.2) is 117 Å². The lowest BCUT2D eigenvalue weighted by Gasteiger charge is -2.31. The van der Waals surface area contributed by atoms with E-state index in [-0.39, 0.29) is 105 Å². The van der Waals surface area contributed by atoms with E-state index in [1.54, 1.807) is 20.8 Å². The minimum atomic E-state index is -1.09. The molecule has 0 radical (unpaired) electrons. The van der Waals surface area contributed by atoms with Crippen LogP contribution in [0.5, 0.6) is 0 Å². The summed E-state index contributed by atoms with van der Waals surface area (Å²) < 4.78 is 33.0. The van der Waals surface area contributed by atoms with E-state index in [1.807, 2.05) is 121 Å². The summed E-state index contributed by atoms with van der Waals surface area (Å²) in [5.74, 6) is -0.501. The van der Waals surface area contributed by atoms with Gasteiger partial charge in [-0.15, -0.1) is 0 Å². The molecular weight excluding hydrogens is 901 g/mol. The Bertz CT molecular complexity index is 2150. The zero-order valence-corrected chi connectivity index (χ0v) is 40.4. The average Bonchev–Trinajstić information content (AvgIpc) is 3.36. The maximum atomic E-state index is 14.2. The van der Waals surface area contributed by atoms with Gasteiger partial charge in [0.15, 0.2) is 0 Å². The summed E-state index contributed by atoms with van der Waals surface area (Å²) in [6.07, 6.45) is -2.26. The van der Waals surface area contributed by atoms with Gasteiger partial charge in [0.25, 0.3) is 0 Å². The predicted octanol–water partition coefficient (Wildman–Crippen LogP) is 7.70. The summed E-state index contributed by atoms with van der Waals surface area (Å²) >= 11 is 0. The first-order chi connectivity index (χ1) is 33.9. The second kappa shape index (κ2) is 31.7. The van der Waals surface area contributed by atoms with E-state index in [0.717, 1.165) is 22.3 Å². The van der Waals surface area contributed by atoms with Crippen molar-refractivity contribution in [3.8, 4) is 0 Å². The molecule has 4 aromatic carbocycles. The lowest BCUT2D eigenvalue weighted by atomic mass is 10.1. The summed E-state index contributed by atoms with van der Waals surface area (Å²) in [6, 6.07) is 35.7. The number of nitrogens with zero attached hydrogens (tertiary/aromatic N) is 2. The number of carbonyl (C=O) groups is 6. The molecule has 1 unspecified atom stereocenters. The van der Waals surface area contributed by atoms with Gasteiger partial charge in [-0.3, -0.25) is 9.69 Å². The number of amides is 6. The van der Waals surface area contributed by atoms with Gasteiger partial charge >= 0.3 is 30.5 Å². The molecule has 0 aliphatic heterocycles. The number of alkyl carbamates (subject to hydrolysis) is 3. The predicted molar refractivity (Wildman–Crippen MR) is 261 cm³/mol. The van der Waals surface area contributed by atoms with Crippen LogP contribution in [0, 0.1) is 0 Å². The van der Waals surface area contributed by atoms with Crippen molar-refractivity contribution >= 4 is 36.4 Å². The van der Waals surface area contributed by atoms with Gasteiger partial charge < -0.3 is 54.6 Å². The molecule has 0 fully saturated rings. The molecule has 18 nitrogen and oxygen atoms in total. The first kappa shape index (κ1) is 55.3. The third-order valence-corrected chi connectivity index (χ3v) is 10.1. The Balaban J connectivity index is 1.44. The number of benzene rings is 4. The second-order valence-corrected chi connectivity index (χ2v) is 16.9. The van der Waals surface area contributed by atoms with Crippen molar-refractivity contribution in [1.82, 2.24) is 31.1 Å². The van der Waals surface area contributed by atoms with Crippen molar-refractivity contribution in [2.75, 3.05) is 59.0 Å². The van der Waals surface area contributed by atoms with Gasteiger partial charge in [-0.1, -0.05) is 121 Å². The lowest BCUT2D eigenvalue weighted by molar-refractivity contribution is -0.126. The van der Waals surface area contributed by atoms with Crippen LogP contribution in [0.4, 0.5) is 24.0 Å². The Morgan fingerprint density at radius 2 is 0.871 bits per heavy atom. The number of nitrogens with one attached hydrogen (secondary N) is 4. The van der Waals surface area contributed by atoms with E-state index in [1.165, 1.54) is 9.80 Å². The second-order valence-electron chi connectivity index (χ2n) is 16.9. The normalized spacial score (nSPS) is 11.2. The molecule has 0 saturated carbocycles. The highest BCUT2D eigenvalue weighted by molar-refractivity contribution is 5.85. The van der Waals surface area contributed by atoms with Crippen LogP contribution in [0.25, 0.3) is 0 Å². The monoisotopic (exact) mass is 968 g/mol. The van der Waals surface area contributed by atoms with Gasteiger partial charge in [-0.25, -0.2) is 24.0 Å². The summed E-state index contributed by atoms with van der Waals surface area (Å²) in [4.78, 5) is 81.7. The average molecular weight is 969 g/mol. The highest BCUT2D eigenvalue weighted by atomic mass is 16.6. The van der Waals surface area contributed by atoms with E-state index in [0.29, 0.717) is 6.42 Å². The maximum Gasteiger partial charge on any atom is 0.410 e. The van der Waals surface area contributed by atoms with Crippen molar-refractivity contribution in [1.29, 1.82) is 0 Å². The Morgan fingerprint density at radius 3 is 1.34 bits per heavy atom. The summed E-state index contributed by atoms with van der Waals surface area (Å²) in [6.45, 7) is 6.57. The fourth-order valence-electron chi connectivity index (χ4n) is 6.64. The van der Waals surface area contributed by atoms with Crippen LogP contribution in [0.2, 0.25) is 0 Å². The van der Waals surface area contributed by atoms with Crippen LogP contribution < -0.4 is 21.3 Å². The molecule has 0 spiro atoms. The largest absolute Gasteiger partial charge is 0.445 e. The van der Waals surface area contributed by atoms with Crippen LogP contribution >= 0.6 is 0 Å². The molecule has 6 amide bonds. The van der Waals surface area contributed by atoms with Crippen molar-refractivity contribution in [2.24, 2.45) is 0 Å². The molecule has 70 heavy (non-hydrogen) atoms. The quantitative estimate of drug-likeness (QED) is 0.0319. The van der Waals surface area contributed by atoms with Gasteiger partial charge in [0, 0.05) is 45.8 Å². The lowest BCUT2D eigenvalue weighted by Crippen LogP contribution is -2.51. The molecule has 0 aromatic heterocycles. The minimum absolute atomic E-state index is 0.00633. The fraction of sp³-hybridized carbons (Fsp3) is 0.423. The van der Waals surface area contributed by atoms with E-state index < -0.39 is 48.0 Å². The standard InChI is InChI=1S/C52H68N6O12/c1-52(2,3)70-49(62)56-31-36-65-35-30-53-46(59)45(58(51(64)69-40-44-25-14-7-15-26-44)34-18-29-55-48(61)67-38-42-21-10-5-11-22-42)27-16-32-57(50(63)68-39-43-23-12-6-13-24-43)33-17-28-54-47(60)66-37-41-19-8-4-9-20-41/h4-15,19-26,45H,16-18,27-40H2,1-3H3,(H,53,59)(H,54,60)(H,55,61)(H,56,62). The first-order valence-electron chi connectivity index (χ1n) is 23.5. The van der Waals surface area contributed by atoms with E-state index in [9.17, 15) is 28.8 Å². The third-order valence-electron chi connectivity index (χ3n) is 10.1. The number of hydrogen-bond donors (Lipinski definition) is 4. The molecule has 4 aromatic rings. The Morgan fingerprint density at radius 1 is 0.471 bits per heavy atom. The maximum absolute atomic E-state index is 14.2. The SMILES string of the molecule is CC(C)(C)OC(=O)NCCOCCNC(=O)C(CCCN(CCCNC(=O)OCc1ccccc1)C(=O)OCc1ccccc1)N(CCCNC(=O)OCc1ccccc1)C(=O)OCc1ccccc1. The highest BCUT2D eigenvalue weighted by Gasteiger charge is 2.31. The molecule has 0 aliphatic carbocycles. The van der Waals surface area contributed by atoms with E-state index in [4.69, 9.17) is 28.4 Å². The van der Waals surface area contributed by atoms with Crippen LogP contribution in [0.15, 0.2) is 121 Å². The van der Waals surface area contributed by atoms with Gasteiger partial charge in [-0.2, -0.15) is 0 Å². The van der Waals surface area contributed by atoms with Crippen molar-refractivity contribution in [3.05, 3.63) is 144 Å². The molecule has 18 heteroatoms. The van der Waals surface area contributed by atoms with Crippen molar-refractivity contribution < 1.29 is 57.2 Å². The zero-order valence-electron chi connectivity index (χ0n) is 40.4. The summed E-state index contributed by atoms with van der Waals surface area (Å²) in [5.41, 5.74) is 2.54. The molecule has 0 aliphatic rings. The number of hydrogen-bond acceptors (Lipinski definition) is 12. The molecule has 1 atom stereocenters.